The molecule has 0 heterocycles. The Bertz CT molecular complexity index is 1200. The van der Waals surface area contributed by atoms with Gasteiger partial charge in [-0.2, -0.15) is 0 Å². The van der Waals surface area contributed by atoms with E-state index in [-0.39, 0.29) is 12.5 Å². The summed E-state index contributed by atoms with van der Waals surface area (Å²) < 4.78 is 23.3. The van der Waals surface area contributed by atoms with Gasteiger partial charge in [-0.1, -0.05) is 269 Å². The summed E-state index contributed by atoms with van der Waals surface area (Å²) in [5.74, 6) is -0.206. The van der Waals surface area contributed by atoms with Crippen LogP contribution in [-0.4, -0.2) is 68.5 Å². The smallest absolute Gasteiger partial charge is 0.268 e. The van der Waals surface area contributed by atoms with E-state index in [1.807, 2.05) is 27.2 Å². The molecule has 402 valence electrons. The largest absolute Gasteiger partial charge is 0.756 e. The number of carbonyl (C=O) groups excluding carboxylic acids is 1. The van der Waals surface area contributed by atoms with Crippen molar-refractivity contribution in [2.24, 2.45) is 0 Å². The minimum atomic E-state index is -4.61. The Hall–Kier alpha value is -1.28. The Morgan fingerprint density at radius 2 is 0.824 bits per heavy atom. The lowest BCUT2D eigenvalue weighted by molar-refractivity contribution is -0.870. The number of phosphoric ester groups is 1. The molecule has 0 saturated heterocycles. The van der Waals surface area contributed by atoms with Gasteiger partial charge in [-0.3, -0.25) is 9.36 Å². The van der Waals surface area contributed by atoms with Crippen LogP contribution < -0.4 is 10.2 Å². The van der Waals surface area contributed by atoms with Crippen LogP contribution in [0, 0.1) is 0 Å². The molecule has 0 aromatic heterocycles. The number of aliphatic hydroxyl groups is 1. The van der Waals surface area contributed by atoms with Crippen molar-refractivity contribution in [1.82, 2.24) is 5.32 Å². The third-order valence-electron chi connectivity index (χ3n) is 13.3. The third-order valence-corrected chi connectivity index (χ3v) is 14.3. The maximum atomic E-state index is 13.0. The molecule has 8 nitrogen and oxygen atoms in total. The zero-order valence-electron chi connectivity index (χ0n) is 45.8. The number of aliphatic hydroxyl groups excluding tert-OH is 1. The van der Waals surface area contributed by atoms with Crippen molar-refractivity contribution in [1.29, 1.82) is 0 Å². The zero-order valence-corrected chi connectivity index (χ0v) is 46.7. The Morgan fingerprint density at radius 3 is 1.19 bits per heavy atom. The van der Waals surface area contributed by atoms with Crippen molar-refractivity contribution >= 4 is 13.7 Å². The second-order valence-corrected chi connectivity index (χ2v) is 22.8. The van der Waals surface area contributed by atoms with Crippen LogP contribution in [0.25, 0.3) is 0 Å². The lowest BCUT2D eigenvalue weighted by Gasteiger charge is -2.29. The molecule has 0 radical (unpaired) electrons. The molecule has 0 rings (SSSR count). The molecule has 0 aliphatic heterocycles. The SMILES string of the molecule is CCCCCCCCC/C=C/CC/C=C/CC/C=C/C(O)C(COP(=O)([O-])OCC[N+](C)(C)C)NC(=O)CCCCCCCCCCCCCCCCCCCCCCCCCCCCCCC. The molecule has 1 amide bonds. The third kappa shape index (κ3) is 52.5. The van der Waals surface area contributed by atoms with E-state index in [2.05, 4.69) is 43.5 Å². The highest BCUT2D eigenvalue weighted by Gasteiger charge is 2.23. The molecule has 0 aromatic carbocycles. The van der Waals surface area contributed by atoms with Crippen LogP contribution in [0.1, 0.15) is 284 Å². The van der Waals surface area contributed by atoms with Gasteiger partial charge in [-0.15, -0.1) is 0 Å². The fraction of sp³-hybridized carbons (Fsp3) is 0.881. The molecular weight excluding hydrogens is 864 g/mol. The van der Waals surface area contributed by atoms with Crippen LogP contribution in [0.2, 0.25) is 0 Å². The van der Waals surface area contributed by atoms with Crippen molar-refractivity contribution in [3.8, 4) is 0 Å². The highest BCUT2D eigenvalue weighted by Crippen LogP contribution is 2.38. The van der Waals surface area contributed by atoms with E-state index < -0.39 is 26.6 Å². The number of phosphoric acid groups is 1. The van der Waals surface area contributed by atoms with Crippen LogP contribution in [0.15, 0.2) is 36.5 Å². The lowest BCUT2D eigenvalue weighted by atomic mass is 10.0. The molecule has 0 aromatic rings. The van der Waals surface area contributed by atoms with Gasteiger partial charge in [0, 0.05) is 6.42 Å². The minimum absolute atomic E-state index is 0.00745. The molecule has 0 bridgehead atoms. The van der Waals surface area contributed by atoms with Crippen LogP contribution in [0.5, 0.6) is 0 Å². The van der Waals surface area contributed by atoms with Crippen LogP contribution in [0.3, 0.4) is 0 Å². The summed E-state index contributed by atoms with van der Waals surface area (Å²) in [6.07, 6.45) is 65.2. The average molecular weight is 980 g/mol. The van der Waals surface area contributed by atoms with E-state index in [0.29, 0.717) is 17.4 Å². The number of allylic oxidation sites excluding steroid dienone is 5. The molecule has 2 N–H and O–H groups in total. The van der Waals surface area contributed by atoms with E-state index in [4.69, 9.17) is 9.05 Å². The molecule has 68 heavy (non-hydrogen) atoms. The summed E-state index contributed by atoms with van der Waals surface area (Å²) in [4.78, 5) is 25.5. The maximum absolute atomic E-state index is 13.0. The number of nitrogens with one attached hydrogen (secondary N) is 1. The number of unbranched alkanes of at least 4 members (excludes halogenated alkanes) is 37. The normalized spacial score (nSPS) is 14.2. The molecule has 0 aliphatic rings. The first-order chi connectivity index (χ1) is 33.0. The topological polar surface area (TPSA) is 108 Å². The Morgan fingerprint density at radius 1 is 0.500 bits per heavy atom. The second kappa shape index (κ2) is 50.7. The van der Waals surface area contributed by atoms with Gasteiger partial charge in [0.2, 0.25) is 5.91 Å². The van der Waals surface area contributed by atoms with Gasteiger partial charge in [0.1, 0.15) is 13.2 Å². The first-order valence-corrected chi connectivity index (χ1v) is 30.8. The molecule has 0 fully saturated rings. The van der Waals surface area contributed by atoms with E-state index in [1.54, 1.807) is 6.08 Å². The predicted molar refractivity (Wildman–Crippen MR) is 293 cm³/mol. The summed E-state index contributed by atoms with van der Waals surface area (Å²) >= 11 is 0. The number of quaternary nitrogens is 1. The quantitative estimate of drug-likeness (QED) is 0.0272. The van der Waals surface area contributed by atoms with Gasteiger partial charge in [-0.05, 0) is 44.9 Å². The summed E-state index contributed by atoms with van der Waals surface area (Å²) in [5, 5.41) is 13.8. The Kier molecular flexibility index (Phi) is 49.7. The van der Waals surface area contributed by atoms with Gasteiger partial charge in [0.15, 0.2) is 0 Å². The molecular formula is C59H115N2O6P. The van der Waals surface area contributed by atoms with Crippen LogP contribution in [-0.2, 0) is 18.4 Å². The van der Waals surface area contributed by atoms with E-state index in [1.165, 1.54) is 218 Å². The van der Waals surface area contributed by atoms with Crippen molar-refractivity contribution in [3.63, 3.8) is 0 Å². The van der Waals surface area contributed by atoms with Crippen molar-refractivity contribution in [2.45, 2.75) is 296 Å². The number of rotatable bonds is 54. The molecule has 0 spiro atoms. The van der Waals surface area contributed by atoms with Gasteiger partial charge in [0.05, 0.1) is 39.9 Å². The van der Waals surface area contributed by atoms with Crippen molar-refractivity contribution < 1.29 is 32.9 Å². The van der Waals surface area contributed by atoms with Crippen LogP contribution in [0.4, 0.5) is 0 Å². The number of likely N-dealkylation sites (N-methyl/N-ethyl adjacent to an activating group) is 1. The maximum Gasteiger partial charge on any atom is 0.268 e. The summed E-state index contributed by atoms with van der Waals surface area (Å²) in [7, 11) is 1.24. The standard InChI is InChI=1S/C59H115N2O6P/c1-6-8-10-12-14-16-18-20-22-24-25-26-27-28-29-30-31-32-33-34-35-37-39-41-43-45-47-49-51-53-59(63)60-57(56-67-68(64,65)66-55-54-61(3,4)5)58(62)52-50-48-46-44-42-40-38-36-23-21-19-17-15-13-11-9-7-2/h23,36,42,44,50,52,57-58,62H,6-22,24-35,37-41,43,45-49,51,53-56H2,1-5H3,(H-,60,63,64,65)/b36-23+,44-42+,52-50+. The first kappa shape index (κ1) is 66.7. The Labute approximate surface area is 423 Å². The van der Waals surface area contributed by atoms with Gasteiger partial charge in [0.25, 0.3) is 7.82 Å². The number of carbonyl (C=O) groups is 1. The summed E-state index contributed by atoms with van der Waals surface area (Å²) in [6, 6.07) is -0.907. The Balaban J connectivity index is 4.13. The summed E-state index contributed by atoms with van der Waals surface area (Å²) in [5.41, 5.74) is 0. The number of hydrogen-bond donors (Lipinski definition) is 2. The van der Waals surface area contributed by atoms with Gasteiger partial charge < -0.3 is 28.8 Å². The second-order valence-electron chi connectivity index (χ2n) is 21.3. The zero-order chi connectivity index (χ0) is 49.9. The monoisotopic (exact) mass is 979 g/mol. The number of amides is 1. The lowest BCUT2D eigenvalue weighted by Crippen LogP contribution is -2.45. The van der Waals surface area contributed by atoms with Crippen molar-refractivity contribution in [2.75, 3.05) is 40.9 Å². The predicted octanol–water partition coefficient (Wildman–Crippen LogP) is 17.1. The highest BCUT2D eigenvalue weighted by molar-refractivity contribution is 7.45. The summed E-state index contributed by atoms with van der Waals surface area (Å²) in [6.45, 7) is 4.65. The van der Waals surface area contributed by atoms with Crippen molar-refractivity contribution in [3.05, 3.63) is 36.5 Å². The first-order valence-electron chi connectivity index (χ1n) is 29.4. The molecule has 9 heteroatoms. The van der Waals surface area contributed by atoms with Gasteiger partial charge >= 0.3 is 0 Å². The van der Waals surface area contributed by atoms with E-state index in [0.717, 1.165) is 44.9 Å². The molecule has 0 saturated carbocycles. The fourth-order valence-electron chi connectivity index (χ4n) is 8.72. The van der Waals surface area contributed by atoms with Crippen LogP contribution >= 0.6 is 7.82 Å². The average Bonchev–Trinajstić information content (AvgIpc) is 3.30. The minimum Gasteiger partial charge on any atom is -0.756 e. The fourth-order valence-corrected chi connectivity index (χ4v) is 9.44. The molecule has 3 atom stereocenters. The van der Waals surface area contributed by atoms with E-state index in [9.17, 15) is 19.4 Å². The highest BCUT2D eigenvalue weighted by atomic mass is 31.2. The number of hydrogen-bond acceptors (Lipinski definition) is 6. The van der Waals surface area contributed by atoms with E-state index >= 15 is 0 Å². The molecule has 0 aliphatic carbocycles. The van der Waals surface area contributed by atoms with Gasteiger partial charge in [-0.25, -0.2) is 0 Å². The molecule has 3 unspecified atom stereocenters. The number of nitrogens with zero attached hydrogens (tertiary/aromatic N) is 1.